The van der Waals surface area contributed by atoms with Crippen LogP contribution in [0.15, 0.2) is 23.1 Å². The van der Waals surface area contributed by atoms with Gasteiger partial charge in [0, 0.05) is 18.7 Å². The van der Waals surface area contributed by atoms with Crippen molar-refractivity contribution in [1.29, 1.82) is 0 Å². The molecule has 21 heavy (non-hydrogen) atoms. The van der Waals surface area contributed by atoms with Gasteiger partial charge in [0.15, 0.2) is 0 Å². The van der Waals surface area contributed by atoms with E-state index >= 15 is 0 Å². The third-order valence-electron chi connectivity index (χ3n) is 3.86. The molecular weight excluding hydrogens is 294 g/mol. The molecule has 1 aliphatic rings. The molecule has 1 saturated carbocycles. The van der Waals surface area contributed by atoms with Crippen LogP contribution in [0.25, 0.3) is 0 Å². The Kier molecular flexibility index (Phi) is 4.48. The lowest BCUT2D eigenvalue weighted by Crippen LogP contribution is -2.29. The van der Waals surface area contributed by atoms with Crippen LogP contribution in [0, 0.1) is 22.0 Å². The molecule has 0 radical (unpaired) electrons. The van der Waals surface area contributed by atoms with Crippen LogP contribution in [0.3, 0.4) is 0 Å². The van der Waals surface area contributed by atoms with E-state index in [1.54, 1.807) is 0 Å². The molecule has 1 aromatic rings. The Hall–Kier alpha value is -1.67. The van der Waals surface area contributed by atoms with Crippen LogP contribution in [-0.4, -0.2) is 19.9 Å². The molecule has 1 fully saturated rings. The van der Waals surface area contributed by atoms with Crippen molar-refractivity contribution < 1.29 is 13.3 Å². The third-order valence-corrected chi connectivity index (χ3v) is 5.34. The minimum Gasteiger partial charge on any atom is -0.398 e. The van der Waals surface area contributed by atoms with E-state index in [4.69, 9.17) is 5.73 Å². The molecule has 1 aromatic carbocycles. The predicted molar refractivity (Wildman–Crippen MR) is 79.2 cm³/mol. The van der Waals surface area contributed by atoms with Crippen molar-refractivity contribution in [3.05, 3.63) is 28.3 Å². The largest absolute Gasteiger partial charge is 0.398 e. The maximum absolute atomic E-state index is 12.3. The van der Waals surface area contributed by atoms with E-state index in [0.29, 0.717) is 18.4 Å². The number of non-ortho nitro benzene ring substituents is 1. The lowest BCUT2D eigenvalue weighted by atomic mass is 10.1. The molecule has 8 heteroatoms. The quantitative estimate of drug-likeness (QED) is 0.489. The van der Waals surface area contributed by atoms with E-state index in [2.05, 4.69) is 11.6 Å². The van der Waals surface area contributed by atoms with Gasteiger partial charge in [-0.1, -0.05) is 13.3 Å². The lowest BCUT2D eigenvalue weighted by Gasteiger charge is -2.12. The van der Waals surface area contributed by atoms with Crippen LogP contribution < -0.4 is 10.5 Å². The Morgan fingerprint density at radius 2 is 2.14 bits per heavy atom. The molecule has 1 aliphatic carbocycles. The zero-order valence-electron chi connectivity index (χ0n) is 11.8. The van der Waals surface area contributed by atoms with Crippen LogP contribution in [-0.2, 0) is 10.0 Å². The highest BCUT2D eigenvalue weighted by Gasteiger charge is 2.25. The number of rotatable bonds is 5. The molecule has 2 atom stereocenters. The molecule has 116 valence electrons. The summed E-state index contributed by atoms with van der Waals surface area (Å²) in [6.45, 7) is 2.49. The first-order valence-electron chi connectivity index (χ1n) is 6.83. The van der Waals surface area contributed by atoms with Gasteiger partial charge in [-0.15, -0.1) is 0 Å². The summed E-state index contributed by atoms with van der Waals surface area (Å²) < 4.78 is 27.0. The van der Waals surface area contributed by atoms with Gasteiger partial charge >= 0.3 is 0 Å². The van der Waals surface area contributed by atoms with Gasteiger partial charge in [-0.2, -0.15) is 0 Å². The summed E-state index contributed by atoms with van der Waals surface area (Å²) in [7, 11) is -3.83. The van der Waals surface area contributed by atoms with E-state index in [9.17, 15) is 18.5 Å². The fourth-order valence-corrected chi connectivity index (χ4v) is 3.95. The second kappa shape index (κ2) is 5.98. The zero-order chi connectivity index (χ0) is 15.6. The van der Waals surface area contributed by atoms with E-state index in [-0.39, 0.29) is 16.3 Å². The number of anilines is 1. The molecule has 0 amide bonds. The number of sulfonamides is 1. The average molecular weight is 313 g/mol. The highest BCUT2D eigenvalue weighted by Crippen LogP contribution is 2.30. The highest BCUT2D eigenvalue weighted by atomic mass is 32.2. The second-order valence-electron chi connectivity index (χ2n) is 5.62. The summed E-state index contributed by atoms with van der Waals surface area (Å²) in [6.07, 6.45) is 3.09. The number of hydrogen-bond donors (Lipinski definition) is 2. The third kappa shape index (κ3) is 3.70. The maximum Gasteiger partial charge on any atom is 0.270 e. The van der Waals surface area contributed by atoms with Crippen molar-refractivity contribution in [2.45, 2.75) is 31.1 Å². The topological polar surface area (TPSA) is 115 Å². The highest BCUT2D eigenvalue weighted by molar-refractivity contribution is 7.89. The minimum atomic E-state index is -3.83. The molecule has 7 nitrogen and oxygen atoms in total. The lowest BCUT2D eigenvalue weighted by molar-refractivity contribution is -0.385. The molecule has 0 aromatic heterocycles. The molecular formula is C13H19N3O4S. The monoisotopic (exact) mass is 313 g/mol. The zero-order valence-corrected chi connectivity index (χ0v) is 12.6. The van der Waals surface area contributed by atoms with Crippen LogP contribution >= 0.6 is 0 Å². The molecule has 2 unspecified atom stereocenters. The SMILES string of the molecule is CC1CCC(CNS(=O)(=O)c2cc([N+](=O)[O-])ccc2N)C1. The molecule has 0 bridgehead atoms. The van der Waals surface area contributed by atoms with Crippen LogP contribution in [0.2, 0.25) is 0 Å². The van der Waals surface area contributed by atoms with Gasteiger partial charge in [-0.05, 0) is 30.7 Å². The van der Waals surface area contributed by atoms with Crippen molar-refractivity contribution >= 4 is 21.4 Å². The predicted octanol–water partition coefficient (Wildman–Crippen LogP) is 1.89. The average Bonchev–Trinajstić information content (AvgIpc) is 2.82. The fraction of sp³-hybridized carbons (Fsp3) is 0.538. The van der Waals surface area contributed by atoms with Crippen molar-refractivity contribution in [2.24, 2.45) is 11.8 Å². The Labute approximate surface area is 123 Å². The van der Waals surface area contributed by atoms with Crippen LogP contribution in [0.5, 0.6) is 0 Å². The molecule has 2 rings (SSSR count). The van der Waals surface area contributed by atoms with E-state index in [0.717, 1.165) is 25.3 Å². The van der Waals surface area contributed by atoms with Gasteiger partial charge in [0.25, 0.3) is 5.69 Å². The first-order valence-corrected chi connectivity index (χ1v) is 8.31. The van der Waals surface area contributed by atoms with Crippen molar-refractivity contribution in [3.8, 4) is 0 Å². The number of nitrogens with two attached hydrogens (primary N) is 1. The van der Waals surface area contributed by atoms with E-state index in [1.165, 1.54) is 12.1 Å². The molecule has 0 saturated heterocycles. The molecule has 0 aliphatic heterocycles. The minimum absolute atomic E-state index is 0.00731. The number of nitrogens with zero attached hydrogens (tertiary/aromatic N) is 1. The Bertz CT molecular complexity index is 645. The Morgan fingerprint density at radius 1 is 1.43 bits per heavy atom. The fourth-order valence-electron chi connectivity index (χ4n) is 2.69. The number of nitrogens with one attached hydrogen (secondary N) is 1. The first-order chi connectivity index (χ1) is 9.79. The summed E-state index contributed by atoms with van der Waals surface area (Å²) in [4.78, 5) is 9.87. The van der Waals surface area contributed by atoms with Crippen molar-refractivity contribution in [3.63, 3.8) is 0 Å². The number of nitrogen functional groups attached to an aromatic ring is 1. The molecule has 0 spiro atoms. The van der Waals surface area contributed by atoms with Crippen LogP contribution in [0.4, 0.5) is 11.4 Å². The van der Waals surface area contributed by atoms with E-state index in [1.807, 2.05) is 0 Å². The van der Waals surface area contributed by atoms with Gasteiger partial charge in [-0.25, -0.2) is 13.1 Å². The summed E-state index contributed by atoms with van der Waals surface area (Å²) in [5.41, 5.74) is 5.35. The summed E-state index contributed by atoms with van der Waals surface area (Å²) in [6, 6.07) is 3.42. The van der Waals surface area contributed by atoms with Gasteiger partial charge < -0.3 is 5.73 Å². The standard InChI is InChI=1S/C13H19N3O4S/c1-9-2-3-10(6-9)8-15-21(19,20)13-7-11(16(17)18)4-5-12(13)14/h4-5,7,9-10,15H,2-3,6,8,14H2,1H3. The van der Waals surface area contributed by atoms with Crippen LogP contribution in [0.1, 0.15) is 26.2 Å². The number of hydrogen-bond acceptors (Lipinski definition) is 5. The maximum atomic E-state index is 12.3. The van der Waals surface area contributed by atoms with Gasteiger partial charge in [0.05, 0.1) is 10.6 Å². The number of nitro benzene ring substituents is 1. The summed E-state index contributed by atoms with van der Waals surface area (Å²) >= 11 is 0. The van der Waals surface area contributed by atoms with E-state index < -0.39 is 14.9 Å². The summed E-state index contributed by atoms with van der Waals surface area (Å²) in [5.74, 6) is 0.928. The summed E-state index contributed by atoms with van der Waals surface area (Å²) in [5, 5.41) is 10.7. The molecule has 3 N–H and O–H groups in total. The van der Waals surface area contributed by atoms with Gasteiger partial charge in [0.1, 0.15) is 4.90 Å². The van der Waals surface area contributed by atoms with Gasteiger partial charge in [0.2, 0.25) is 10.0 Å². The Balaban J connectivity index is 2.15. The smallest absolute Gasteiger partial charge is 0.270 e. The normalized spacial score (nSPS) is 22.3. The van der Waals surface area contributed by atoms with Crippen molar-refractivity contribution in [1.82, 2.24) is 4.72 Å². The Morgan fingerprint density at radius 3 is 2.71 bits per heavy atom. The molecule has 0 heterocycles. The number of benzene rings is 1. The second-order valence-corrected chi connectivity index (χ2v) is 7.35. The van der Waals surface area contributed by atoms with Gasteiger partial charge in [-0.3, -0.25) is 10.1 Å². The first kappa shape index (κ1) is 15.7. The van der Waals surface area contributed by atoms with Crippen molar-refractivity contribution in [2.75, 3.05) is 12.3 Å². The number of nitro groups is 1.